The topological polar surface area (TPSA) is 64.6 Å². The molecule has 0 aromatic heterocycles. The van der Waals surface area contributed by atoms with E-state index in [4.69, 9.17) is 9.47 Å². The summed E-state index contributed by atoms with van der Waals surface area (Å²) >= 11 is 0. The number of imide groups is 1. The minimum absolute atomic E-state index is 0.0509. The van der Waals surface area contributed by atoms with Gasteiger partial charge in [0.15, 0.2) is 0 Å². The molecule has 5 heteroatoms. The van der Waals surface area contributed by atoms with E-state index < -0.39 is 17.4 Å². The largest absolute Gasteiger partial charge is 0.488 e. The minimum Gasteiger partial charge on any atom is -0.488 e. The number of nitrogens with one attached hydrogen (secondary N) is 1. The molecule has 0 aromatic carbocycles. The molecular weight excluding hydrogens is 186 g/mol. The van der Waals surface area contributed by atoms with Gasteiger partial charge in [-0.25, -0.2) is 0 Å². The third-order valence-corrected chi connectivity index (χ3v) is 1.46. The van der Waals surface area contributed by atoms with Crippen LogP contribution in [0.3, 0.4) is 0 Å². The van der Waals surface area contributed by atoms with Gasteiger partial charge in [-0.2, -0.15) is 0 Å². The van der Waals surface area contributed by atoms with Gasteiger partial charge in [0, 0.05) is 0 Å². The summed E-state index contributed by atoms with van der Waals surface area (Å²) < 4.78 is 10.1. The van der Waals surface area contributed by atoms with Crippen LogP contribution in [-0.4, -0.2) is 24.5 Å². The Morgan fingerprint density at radius 1 is 1.07 bits per heavy atom. The second-order valence-corrected chi connectivity index (χ2v) is 3.86. The predicted octanol–water partition coefficient (Wildman–Crippen LogP) is 0.316. The van der Waals surface area contributed by atoms with Gasteiger partial charge in [0.25, 0.3) is 11.8 Å². The lowest BCUT2D eigenvalue weighted by Crippen LogP contribution is -2.26. The molecule has 0 saturated heterocycles. The fourth-order valence-electron chi connectivity index (χ4n) is 1.01. The lowest BCUT2D eigenvalue weighted by Gasteiger charge is -2.20. The van der Waals surface area contributed by atoms with Gasteiger partial charge in [0.2, 0.25) is 11.5 Å². The second-order valence-electron chi connectivity index (χ2n) is 3.86. The van der Waals surface area contributed by atoms with E-state index in [0.717, 1.165) is 0 Å². The monoisotopic (exact) mass is 199 g/mol. The quantitative estimate of drug-likeness (QED) is 0.650. The van der Waals surface area contributed by atoms with Crippen molar-refractivity contribution in [2.45, 2.75) is 26.4 Å². The molecule has 0 bridgehead atoms. The summed E-state index contributed by atoms with van der Waals surface area (Å²) in [6.45, 7) is 5.34. The van der Waals surface area contributed by atoms with Gasteiger partial charge >= 0.3 is 0 Å². The zero-order valence-electron chi connectivity index (χ0n) is 8.63. The third kappa shape index (κ3) is 2.04. The van der Waals surface area contributed by atoms with E-state index in [-0.39, 0.29) is 11.5 Å². The van der Waals surface area contributed by atoms with Gasteiger partial charge < -0.3 is 9.47 Å². The van der Waals surface area contributed by atoms with E-state index in [2.05, 4.69) is 5.32 Å². The van der Waals surface area contributed by atoms with E-state index in [1.54, 1.807) is 20.8 Å². The molecule has 14 heavy (non-hydrogen) atoms. The molecule has 0 spiro atoms. The number of ether oxygens (including phenoxy) is 2. The summed E-state index contributed by atoms with van der Waals surface area (Å²) in [6.07, 6.45) is 0. The number of hydrogen-bond donors (Lipinski definition) is 1. The fraction of sp³-hybridized carbons (Fsp3) is 0.556. The average molecular weight is 199 g/mol. The first kappa shape index (κ1) is 10.6. The molecule has 0 fully saturated rings. The normalized spacial score (nSPS) is 17.1. The summed E-state index contributed by atoms with van der Waals surface area (Å²) in [4.78, 5) is 22.4. The number of amides is 2. The molecule has 5 nitrogen and oxygen atoms in total. The Bertz CT molecular complexity index is 311. The van der Waals surface area contributed by atoms with Crippen molar-refractivity contribution < 1.29 is 19.1 Å². The molecule has 1 heterocycles. The molecule has 0 radical (unpaired) electrons. The standard InChI is InChI=1S/C9H13NO4/c1-9(2,3)14-6-5(13-4)7(11)10-8(6)12/h1-4H3,(H,10,11,12). The van der Waals surface area contributed by atoms with Gasteiger partial charge in [-0.1, -0.05) is 0 Å². The predicted molar refractivity (Wildman–Crippen MR) is 48.0 cm³/mol. The first-order valence-electron chi connectivity index (χ1n) is 4.18. The minimum atomic E-state index is -0.559. The second kappa shape index (κ2) is 3.32. The Labute approximate surface area is 82.1 Å². The molecular formula is C9H13NO4. The maximum Gasteiger partial charge on any atom is 0.297 e. The molecule has 1 aliphatic rings. The van der Waals surface area contributed by atoms with Crippen molar-refractivity contribution in [2.24, 2.45) is 0 Å². The summed E-state index contributed by atoms with van der Waals surface area (Å²) in [7, 11) is 1.32. The zero-order valence-corrected chi connectivity index (χ0v) is 8.63. The van der Waals surface area contributed by atoms with Gasteiger partial charge in [0.05, 0.1) is 7.11 Å². The summed E-state index contributed by atoms with van der Waals surface area (Å²) in [6, 6.07) is 0. The first-order chi connectivity index (χ1) is 6.35. The van der Waals surface area contributed by atoms with Crippen LogP contribution in [0.15, 0.2) is 11.5 Å². The lowest BCUT2D eigenvalue weighted by molar-refractivity contribution is -0.127. The highest BCUT2D eigenvalue weighted by molar-refractivity contribution is 6.17. The number of methoxy groups -OCH3 is 1. The molecule has 0 aliphatic carbocycles. The Morgan fingerprint density at radius 3 is 2.00 bits per heavy atom. The van der Waals surface area contributed by atoms with Crippen LogP contribution >= 0.6 is 0 Å². The fourth-order valence-corrected chi connectivity index (χ4v) is 1.01. The van der Waals surface area contributed by atoms with Crippen molar-refractivity contribution in [3.8, 4) is 0 Å². The van der Waals surface area contributed by atoms with Crippen LogP contribution in [0.2, 0.25) is 0 Å². The van der Waals surface area contributed by atoms with Crippen LogP contribution in [0.1, 0.15) is 20.8 Å². The SMILES string of the molecule is COC1=C(OC(C)(C)C)C(=O)NC1=O. The maximum atomic E-state index is 11.2. The molecule has 78 valence electrons. The first-order valence-corrected chi connectivity index (χ1v) is 4.18. The van der Waals surface area contributed by atoms with E-state index in [1.807, 2.05) is 0 Å². The van der Waals surface area contributed by atoms with Crippen molar-refractivity contribution in [1.29, 1.82) is 0 Å². The van der Waals surface area contributed by atoms with E-state index in [9.17, 15) is 9.59 Å². The van der Waals surface area contributed by atoms with Crippen molar-refractivity contribution >= 4 is 11.8 Å². The number of carbonyl (C=O) groups is 2. The van der Waals surface area contributed by atoms with Crippen LogP contribution in [-0.2, 0) is 19.1 Å². The third-order valence-electron chi connectivity index (χ3n) is 1.46. The van der Waals surface area contributed by atoms with Gasteiger partial charge in [0.1, 0.15) is 5.60 Å². The Kier molecular flexibility index (Phi) is 2.51. The Hall–Kier alpha value is -1.52. The Balaban J connectivity index is 2.98. The molecule has 0 unspecified atom stereocenters. The zero-order chi connectivity index (χ0) is 10.9. The highest BCUT2D eigenvalue weighted by Gasteiger charge is 2.35. The average Bonchev–Trinajstić information content (AvgIpc) is 2.24. The number of rotatable bonds is 2. The molecule has 1 N–H and O–H groups in total. The molecule has 0 aromatic rings. The van der Waals surface area contributed by atoms with Crippen LogP contribution in [0.4, 0.5) is 0 Å². The van der Waals surface area contributed by atoms with Gasteiger partial charge in [-0.15, -0.1) is 0 Å². The summed E-state index contributed by atoms with van der Waals surface area (Å²) in [5.41, 5.74) is -0.541. The van der Waals surface area contributed by atoms with Crippen LogP contribution in [0.5, 0.6) is 0 Å². The number of carbonyl (C=O) groups excluding carboxylic acids is 2. The molecule has 1 rings (SSSR count). The molecule has 1 aliphatic heterocycles. The lowest BCUT2D eigenvalue weighted by atomic mass is 10.2. The summed E-state index contributed by atoms with van der Waals surface area (Å²) in [5.74, 6) is -1.23. The Morgan fingerprint density at radius 2 is 1.57 bits per heavy atom. The smallest absolute Gasteiger partial charge is 0.297 e. The van der Waals surface area contributed by atoms with Crippen molar-refractivity contribution in [3.63, 3.8) is 0 Å². The number of hydrogen-bond acceptors (Lipinski definition) is 4. The van der Waals surface area contributed by atoms with Gasteiger partial charge in [-0.3, -0.25) is 14.9 Å². The highest BCUT2D eigenvalue weighted by Crippen LogP contribution is 2.20. The molecule has 0 atom stereocenters. The maximum absolute atomic E-state index is 11.2. The van der Waals surface area contributed by atoms with Crippen LogP contribution in [0, 0.1) is 0 Å². The van der Waals surface area contributed by atoms with Gasteiger partial charge in [-0.05, 0) is 20.8 Å². The van der Waals surface area contributed by atoms with Crippen molar-refractivity contribution in [1.82, 2.24) is 5.32 Å². The summed E-state index contributed by atoms with van der Waals surface area (Å²) in [5, 5.41) is 2.09. The molecule has 2 amide bonds. The van der Waals surface area contributed by atoms with Crippen molar-refractivity contribution in [3.05, 3.63) is 11.5 Å². The van der Waals surface area contributed by atoms with Crippen molar-refractivity contribution in [2.75, 3.05) is 7.11 Å². The van der Waals surface area contributed by atoms with Crippen LogP contribution < -0.4 is 5.32 Å². The van der Waals surface area contributed by atoms with Crippen LogP contribution in [0.25, 0.3) is 0 Å². The highest BCUT2D eigenvalue weighted by atomic mass is 16.5. The van der Waals surface area contributed by atoms with E-state index in [0.29, 0.717) is 0 Å². The molecule has 0 saturated carbocycles. The van der Waals surface area contributed by atoms with E-state index in [1.165, 1.54) is 7.11 Å². The van der Waals surface area contributed by atoms with E-state index >= 15 is 0 Å².